The van der Waals surface area contributed by atoms with Gasteiger partial charge in [0.2, 0.25) is 0 Å². The number of benzene rings is 2. The van der Waals surface area contributed by atoms with Crippen LogP contribution in [0.25, 0.3) is 11.1 Å². The summed E-state index contributed by atoms with van der Waals surface area (Å²) in [6.07, 6.45) is 2.41. The first-order valence-corrected chi connectivity index (χ1v) is 9.96. The van der Waals surface area contributed by atoms with Crippen LogP contribution in [0.3, 0.4) is 0 Å². The summed E-state index contributed by atoms with van der Waals surface area (Å²) in [6, 6.07) is 16.4. The molecule has 1 saturated heterocycles. The summed E-state index contributed by atoms with van der Waals surface area (Å²) < 4.78 is 5.73. The molecule has 2 bridgehead atoms. The van der Waals surface area contributed by atoms with Gasteiger partial charge in [-0.1, -0.05) is 55.0 Å². The molecule has 1 amide bonds. The maximum absolute atomic E-state index is 12.9. The third kappa shape index (κ3) is 2.45. The highest BCUT2D eigenvalue weighted by atomic mass is 16.6. The Hall–Kier alpha value is -2.82. The molecule has 1 heterocycles. The number of carboxylic acid groups (broad SMARTS) is 1. The van der Waals surface area contributed by atoms with Crippen molar-refractivity contribution >= 4 is 12.1 Å². The molecule has 3 aliphatic rings. The molecule has 2 atom stereocenters. The zero-order valence-electron chi connectivity index (χ0n) is 15.6. The first-order chi connectivity index (χ1) is 13.6. The highest BCUT2D eigenvalue weighted by Crippen LogP contribution is 2.46. The van der Waals surface area contributed by atoms with Crippen LogP contribution in [0.2, 0.25) is 0 Å². The fraction of sp³-hybridized carbons (Fsp3) is 0.391. The second kappa shape index (κ2) is 6.36. The molecule has 2 aromatic rings. The number of rotatable bonds is 3. The quantitative estimate of drug-likeness (QED) is 0.868. The molecule has 2 unspecified atom stereocenters. The van der Waals surface area contributed by atoms with Crippen LogP contribution in [0.15, 0.2) is 48.5 Å². The number of aliphatic carboxylic acids is 1. The lowest BCUT2D eigenvalue weighted by Crippen LogP contribution is -2.53. The summed E-state index contributed by atoms with van der Waals surface area (Å²) in [5.74, 6) is -0.646. The lowest BCUT2D eigenvalue weighted by Gasteiger charge is -2.35. The molecule has 0 spiro atoms. The van der Waals surface area contributed by atoms with Gasteiger partial charge in [0.05, 0.1) is 0 Å². The first kappa shape index (κ1) is 17.3. The zero-order chi connectivity index (χ0) is 19.3. The highest BCUT2D eigenvalue weighted by Gasteiger charge is 2.56. The standard InChI is InChI=1S/C23H23NO4/c25-21(26)23-11-5-6-15(12-23)13-24(23)22(27)28-14-20-18-9-3-1-7-16(18)17-8-2-4-10-19(17)20/h1-4,7-10,15,20H,5-6,11-14H2,(H,25,26). The van der Waals surface area contributed by atoms with E-state index in [1.165, 1.54) is 16.0 Å². The van der Waals surface area contributed by atoms with Crippen molar-refractivity contribution in [1.29, 1.82) is 0 Å². The largest absolute Gasteiger partial charge is 0.479 e. The topological polar surface area (TPSA) is 66.8 Å². The predicted octanol–water partition coefficient (Wildman–Crippen LogP) is 4.26. The molecule has 144 valence electrons. The van der Waals surface area contributed by atoms with Crippen LogP contribution in [-0.4, -0.2) is 40.8 Å². The van der Waals surface area contributed by atoms with Gasteiger partial charge >= 0.3 is 12.1 Å². The third-order valence-electron chi connectivity index (χ3n) is 6.74. The highest BCUT2D eigenvalue weighted by molar-refractivity contribution is 5.85. The number of likely N-dealkylation sites (tertiary alicyclic amines) is 1. The number of hydrogen-bond acceptors (Lipinski definition) is 3. The van der Waals surface area contributed by atoms with Crippen LogP contribution < -0.4 is 0 Å². The van der Waals surface area contributed by atoms with E-state index in [1.807, 2.05) is 24.3 Å². The van der Waals surface area contributed by atoms with Gasteiger partial charge in [0.1, 0.15) is 12.1 Å². The number of fused-ring (bicyclic) bond motifs is 5. The van der Waals surface area contributed by atoms with Crippen LogP contribution in [0.1, 0.15) is 42.7 Å². The van der Waals surface area contributed by atoms with E-state index >= 15 is 0 Å². The number of carboxylic acids is 1. The van der Waals surface area contributed by atoms with Crippen LogP contribution >= 0.6 is 0 Å². The molecule has 0 radical (unpaired) electrons. The zero-order valence-corrected chi connectivity index (χ0v) is 15.6. The minimum atomic E-state index is -1.08. The van der Waals surface area contributed by atoms with Gasteiger partial charge in [-0.05, 0) is 47.4 Å². The molecular formula is C23H23NO4. The molecule has 5 heteroatoms. The van der Waals surface area contributed by atoms with Crippen molar-refractivity contribution in [2.75, 3.05) is 13.2 Å². The van der Waals surface area contributed by atoms with Crippen molar-refractivity contribution in [3.05, 3.63) is 59.7 Å². The van der Waals surface area contributed by atoms with Gasteiger partial charge in [-0.2, -0.15) is 0 Å². The third-order valence-corrected chi connectivity index (χ3v) is 6.74. The molecule has 28 heavy (non-hydrogen) atoms. The summed E-state index contributed by atoms with van der Waals surface area (Å²) in [5.41, 5.74) is 3.59. The average Bonchev–Trinajstić information content (AvgIpc) is 3.18. The lowest BCUT2D eigenvalue weighted by atomic mass is 9.80. The van der Waals surface area contributed by atoms with Gasteiger partial charge < -0.3 is 9.84 Å². The average molecular weight is 377 g/mol. The summed E-state index contributed by atoms with van der Waals surface area (Å²) in [5, 5.41) is 9.83. The smallest absolute Gasteiger partial charge is 0.410 e. The number of hydrogen-bond donors (Lipinski definition) is 1. The molecular weight excluding hydrogens is 354 g/mol. The SMILES string of the molecule is O=C(OCC1c2ccccc2-c2ccccc21)N1CC2CCCC1(C(=O)O)C2. The van der Waals surface area contributed by atoms with Crippen LogP contribution in [0.4, 0.5) is 4.79 Å². The van der Waals surface area contributed by atoms with Crippen LogP contribution in [0, 0.1) is 5.92 Å². The van der Waals surface area contributed by atoms with Gasteiger partial charge in [0.25, 0.3) is 0 Å². The Balaban J connectivity index is 1.38. The molecule has 1 aliphatic heterocycles. The van der Waals surface area contributed by atoms with E-state index in [0.717, 1.165) is 24.0 Å². The monoisotopic (exact) mass is 377 g/mol. The van der Waals surface area contributed by atoms with Gasteiger partial charge in [0, 0.05) is 12.5 Å². The van der Waals surface area contributed by atoms with Gasteiger partial charge in [-0.15, -0.1) is 0 Å². The van der Waals surface area contributed by atoms with E-state index in [2.05, 4.69) is 24.3 Å². The van der Waals surface area contributed by atoms with E-state index in [4.69, 9.17) is 4.74 Å². The molecule has 2 aromatic carbocycles. The van der Waals surface area contributed by atoms with Crippen LogP contribution in [-0.2, 0) is 9.53 Å². The Morgan fingerprint density at radius 1 is 1.07 bits per heavy atom. The number of carbonyl (C=O) groups excluding carboxylic acids is 1. The number of amides is 1. The Labute approximate surface area is 163 Å². The van der Waals surface area contributed by atoms with Crippen molar-refractivity contribution < 1.29 is 19.4 Å². The molecule has 1 saturated carbocycles. The Kier molecular flexibility index (Phi) is 3.93. The van der Waals surface area contributed by atoms with Crippen molar-refractivity contribution in [1.82, 2.24) is 4.90 Å². The molecule has 1 N–H and O–H groups in total. The second-order valence-electron chi connectivity index (χ2n) is 8.21. The summed E-state index contributed by atoms with van der Waals surface area (Å²) >= 11 is 0. The van der Waals surface area contributed by atoms with Gasteiger partial charge in [-0.3, -0.25) is 4.90 Å². The maximum atomic E-state index is 12.9. The Bertz CT molecular complexity index is 910. The summed E-state index contributed by atoms with van der Waals surface area (Å²) in [4.78, 5) is 26.4. The first-order valence-electron chi connectivity index (χ1n) is 9.96. The minimum Gasteiger partial charge on any atom is -0.479 e. The summed E-state index contributed by atoms with van der Waals surface area (Å²) in [7, 11) is 0. The number of carbonyl (C=O) groups is 2. The second-order valence-corrected chi connectivity index (χ2v) is 8.21. The summed E-state index contributed by atoms with van der Waals surface area (Å²) in [6.45, 7) is 0.715. The van der Waals surface area contributed by atoms with E-state index in [-0.39, 0.29) is 18.4 Å². The van der Waals surface area contributed by atoms with Crippen molar-refractivity contribution in [2.45, 2.75) is 37.1 Å². The van der Waals surface area contributed by atoms with E-state index in [0.29, 0.717) is 19.4 Å². The van der Waals surface area contributed by atoms with Crippen molar-refractivity contribution in [3.63, 3.8) is 0 Å². The fourth-order valence-corrected chi connectivity index (χ4v) is 5.43. The fourth-order valence-electron chi connectivity index (χ4n) is 5.43. The lowest BCUT2D eigenvalue weighted by molar-refractivity contribution is -0.149. The van der Waals surface area contributed by atoms with Gasteiger partial charge in [0.15, 0.2) is 0 Å². The number of nitrogens with zero attached hydrogens (tertiary/aromatic N) is 1. The molecule has 2 fully saturated rings. The minimum absolute atomic E-state index is 0.0147. The Morgan fingerprint density at radius 2 is 1.71 bits per heavy atom. The maximum Gasteiger partial charge on any atom is 0.410 e. The van der Waals surface area contributed by atoms with E-state index in [9.17, 15) is 14.7 Å². The molecule has 5 rings (SSSR count). The van der Waals surface area contributed by atoms with E-state index in [1.54, 1.807) is 0 Å². The molecule has 0 aromatic heterocycles. The van der Waals surface area contributed by atoms with E-state index < -0.39 is 17.6 Å². The van der Waals surface area contributed by atoms with Crippen molar-refractivity contribution in [3.8, 4) is 11.1 Å². The predicted molar refractivity (Wildman–Crippen MR) is 104 cm³/mol. The van der Waals surface area contributed by atoms with Crippen LogP contribution in [0.5, 0.6) is 0 Å². The Morgan fingerprint density at radius 3 is 2.36 bits per heavy atom. The molecule has 5 nitrogen and oxygen atoms in total. The van der Waals surface area contributed by atoms with Crippen molar-refractivity contribution in [2.24, 2.45) is 5.92 Å². The molecule has 2 aliphatic carbocycles. The van der Waals surface area contributed by atoms with Gasteiger partial charge in [-0.25, -0.2) is 9.59 Å². The number of ether oxygens (including phenoxy) is 1. The normalized spacial score (nSPS) is 25.3.